The van der Waals surface area contributed by atoms with Crippen LogP contribution in [0.25, 0.3) is 0 Å². The number of carbonyl (C=O) groups excluding carboxylic acids is 1. The minimum Gasteiger partial charge on any atom is -0.334 e. The van der Waals surface area contributed by atoms with E-state index < -0.39 is 0 Å². The van der Waals surface area contributed by atoms with Gasteiger partial charge in [-0.2, -0.15) is 0 Å². The van der Waals surface area contributed by atoms with Crippen LogP contribution in [0.15, 0.2) is 35.3 Å². The molecule has 0 aliphatic carbocycles. The standard InChI is InChI=1S/C13H15N3OS/c1-2-11-12(17)16-9-15(8-14-13(16)18-11)10-6-4-3-5-7-10/h3-7,11H,2,8-9H2,1H3/t11-/m0/s1. The molecule has 1 amide bonds. The summed E-state index contributed by atoms with van der Waals surface area (Å²) in [6, 6.07) is 10.1. The molecule has 0 aromatic heterocycles. The van der Waals surface area contributed by atoms with Crippen molar-refractivity contribution in [3.63, 3.8) is 0 Å². The van der Waals surface area contributed by atoms with E-state index in [9.17, 15) is 4.79 Å². The summed E-state index contributed by atoms with van der Waals surface area (Å²) in [4.78, 5) is 20.6. The Labute approximate surface area is 111 Å². The number of carbonyl (C=O) groups is 1. The van der Waals surface area contributed by atoms with Crippen molar-refractivity contribution in [1.82, 2.24) is 4.90 Å². The first-order chi connectivity index (χ1) is 8.79. The van der Waals surface area contributed by atoms with Gasteiger partial charge in [-0.1, -0.05) is 36.9 Å². The number of anilines is 1. The lowest BCUT2D eigenvalue weighted by Gasteiger charge is -2.32. The number of hydrogen-bond acceptors (Lipinski definition) is 4. The van der Waals surface area contributed by atoms with Crippen molar-refractivity contribution in [1.29, 1.82) is 0 Å². The number of hydrogen-bond donors (Lipinski definition) is 0. The molecule has 1 aromatic rings. The normalized spacial score (nSPS) is 23.1. The fourth-order valence-corrected chi connectivity index (χ4v) is 3.24. The molecule has 0 saturated carbocycles. The highest BCUT2D eigenvalue weighted by Gasteiger charge is 2.39. The summed E-state index contributed by atoms with van der Waals surface area (Å²) in [7, 11) is 0. The van der Waals surface area contributed by atoms with Crippen molar-refractivity contribution in [3.8, 4) is 0 Å². The predicted molar refractivity (Wildman–Crippen MR) is 74.6 cm³/mol. The molecule has 94 valence electrons. The molecule has 0 unspecified atom stereocenters. The van der Waals surface area contributed by atoms with Crippen LogP contribution in [-0.4, -0.2) is 34.6 Å². The minimum absolute atomic E-state index is 0.0551. The third-order valence-corrected chi connectivity index (χ3v) is 4.58. The van der Waals surface area contributed by atoms with Crippen LogP contribution in [0.1, 0.15) is 13.3 Å². The molecule has 2 aliphatic rings. The molecule has 2 heterocycles. The zero-order chi connectivity index (χ0) is 12.5. The van der Waals surface area contributed by atoms with Gasteiger partial charge < -0.3 is 4.90 Å². The average molecular weight is 261 g/mol. The SMILES string of the molecule is CC[C@@H]1SC2=NCN(c3ccccc3)CN2C1=O. The molecule has 3 rings (SSSR count). The summed E-state index contributed by atoms with van der Waals surface area (Å²) in [6.07, 6.45) is 0.865. The number of nitrogens with zero attached hydrogens (tertiary/aromatic N) is 3. The van der Waals surface area contributed by atoms with Gasteiger partial charge in [-0.25, -0.2) is 4.99 Å². The van der Waals surface area contributed by atoms with Gasteiger partial charge in [0.2, 0.25) is 5.91 Å². The summed E-state index contributed by atoms with van der Waals surface area (Å²) in [6.45, 7) is 3.29. The topological polar surface area (TPSA) is 35.9 Å². The van der Waals surface area contributed by atoms with Gasteiger partial charge in [0, 0.05) is 5.69 Å². The van der Waals surface area contributed by atoms with Crippen molar-refractivity contribution in [2.24, 2.45) is 4.99 Å². The van der Waals surface area contributed by atoms with Crippen molar-refractivity contribution < 1.29 is 4.79 Å². The highest BCUT2D eigenvalue weighted by molar-refractivity contribution is 8.15. The van der Waals surface area contributed by atoms with E-state index in [0.717, 1.165) is 17.3 Å². The van der Waals surface area contributed by atoms with E-state index in [1.807, 2.05) is 37.3 Å². The number of fused-ring (bicyclic) bond motifs is 1. The smallest absolute Gasteiger partial charge is 0.243 e. The number of amides is 1. The van der Waals surface area contributed by atoms with Crippen molar-refractivity contribution >= 4 is 28.5 Å². The Kier molecular flexibility index (Phi) is 2.99. The molecule has 1 fully saturated rings. The molecule has 5 heteroatoms. The third kappa shape index (κ3) is 1.88. The zero-order valence-corrected chi connectivity index (χ0v) is 11.1. The van der Waals surface area contributed by atoms with Gasteiger partial charge in [0.25, 0.3) is 0 Å². The number of aliphatic imine (C=N–C) groups is 1. The second-order valence-corrected chi connectivity index (χ2v) is 5.55. The lowest BCUT2D eigenvalue weighted by molar-refractivity contribution is -0.126. The molecule has 0 spiro atoms. The van der Waals surface area contributed by atoms with Crippen LogP contribution in [0.4, 0.5) is 5.69 Å². The van der Waals surface area contributed by atoms with Gasteiger partial charge in [-0.15, -0.1) is 0 Å². The van der Waals surface area contributed by atoms with Gasteiger partial charge in [-0.3, -0.25) is 9.69 Å². The molecular formula is C13H15N3OS. The van der Waals surface area contributed by atoms with Crippen molar-refractivity contribution in [2.45, 2.75) is 18.6 Å². The first-order valence-corrected chi connectivity index (χ1v) is 7.00. The summed E-state index contributed by atoms with van der Waals surface area (Å²) in [5.74, 6) is 0.196. The first-order valence-electron chi connectivity index (χ1n) is 6.12. The van der Waals surface area contributed by atoms with Crippen LogP contribution in [0.3, 0.4) is 0 Å². The summed E-state index contributed by atoms with van der Waals surface area (Å²) in [5.41, 5.74) is 1.11. The lowest BCUT2D eigenvalue weighted by atomic mass is 10.3. The van der Waals surface area contributed by atoms with Crippen molar-refractivity contribution in [2.75, 3.05) is 18.2 Å². The van der Waals surface area contributed by atoms with E-state index in [1.165, 1.54) is 0 Å². The predicted octanol–water partition coefficient (Wildman–Crippen LogP) is 2.13. The van der Waals surface area contributed by atoms with E-state index >= 15 is 0 Å². The molecule has 0 radical (unpaired) electrons. The van der Waals surface area contributed by atoms with E-state index in [1.54, 1.807) is 16.7 Å². The Hall–Kier alpha value is -1.49. The second-order valence-electron chi connectivity index (χ2n) is 4.38. The van der Waals surface area contributed by atoms with Gasteiger partial charge in [0.1, 0.15) is 13.3 Å². The van der Waals surface area contributed by atoms with Gasteiger partial charge in [0.05, 0.1) is 5.25 Å². The Balaban J connectivity index is 1.81. The van der Waals surface area contributed by atoms with E-state index in [0.29, 0.717) is 13.3 Å². The van der Waals surface area contributed by atoms with Gasteiger partial charge in [-0.05, 0) is 18.6 Å². The monoisotopic (exact) mass is 261 g/mol. The molecule has 1 saturated heterocycles. The molecule has 0 N–H and O–H groups in total. The number of amidine groups is 1. The molecule has 1 atom stereocenters. The Morgan fingerprint density at radius 2 is 2.17 bits per heavy atom. The Morgan fingerprint density at radius 3 is 2.89 bits per heavy atom. The Bertz CT molecular complexity index is 488. The van der Waals surface area contributed by atoms with E-state index in [-0.39, 0.29) is 11.2 Å². The fourth-order valence-electron chi connectivity index (χ4n) is 2.18. The maximum atomic E-state index is 12.1. The summed E-state index contributed by atoms with van der Waals surface area (Å²) in [5, 5.41) is 0.943. The zero-order valence-electron chi connectivity index (χ0n) is 10.2. The largest absolute Gasteiger partial charge is 0.334 e. The lowest BCUT2D eigenvalue weighted by Crippen LogP contribution is -2.45. The Morgan fingerprint density at radius 1 is 1.39 bits per heavy atom. The fraction of sp³-hybridized carbons (Fsp3) is 0.385. The quantitative estimate of drug-likeness (QED) is 0.818. The number of rotatable bonds is 2. The molecule has 18 heavy (non-hydrogen) atoms. The van der Waals surface area contributed by atoms with Gasteiger partial charge >= 0.3 is 0 Å². The molecular weight excluding hydrogens is 246 g/mol. The number of benzene rings is 1. The first kappa shape index (κ1) is 11.6. The van der Waals surface area contributed by atoms with Crippen LogP contribution in [0.2, 0.25) is 0 Å². The number of thioether (sulfide) groups is 1. The van der Waals surface area contributed by atoms with Crippen LogP contribution in [0, 0.1) is 0 Å². The summed E-state index contributed by atoms with van der Waals surface area (Å²) < 4.78 is 0. The highest BCUT2D eigenvalue weighted by Crippen LogP contribution is 2.32. The van der Waals surface area contributed by atoms with Crippen molar-refractivity contribution in [3.05, 3.63) is 30.3 Å². The maximum Gasteiger partial charge on any atom is 0.243 e. The van der Waals surface area contributed by atoms with Crippen LogP contribution >= 0.6 is 11.8 Å². The van der Waals surface area contributed by atoms with Gasteiger partial charge in [0.15, 0.2) is 5.17 Å². The minimum atomic E-state index is 0.0551. The molecule has 1 aromatic carbocycles. The molecule has 2 aliphatic heterocycles. The van der Waals surface area contributed by atoms with Crippen LogP contribution < -0.4 is 4.90 Å². The molecule has 4 nitrogen and oxygen atoms in total. The number of para-hydroxylation sites is 1. The highest BCUT2D eigenvalue weighted by atomic mass is 32.2. The van der Waals surface area contributed by atoms with E-state index in [4.69, 9.17) is 0 Å². The molecule has 0 bridgehead atoms. The summed E-state index contributed by atoms with van der Waals surface area (Å²) >= 11 is 1.60. The maximum absolute atomic E-state index is 12.1. The third-order valence-electron chi connectivity index (χ3n) is 3.20. The average Bonchev–Trinajstić information content (AvgIpc) is 2.76. The van der Waals surface area contributed by atoms with Crippen LogP contribution in [-0.2, 0) is 4.79 Å². The second kappa shape index (κ2) is 4.65. The van der Waals surface area contributed by atoms with E-state index in [2.05, 4.69) is 9.89 Å². The van der Waals surface area contributed by atoms with Crippen LogP contribution in [0.5, 0.6) is 0 Å².